The number of benzene rings is 3. The van der Waals surface area contributed by atoms with Gasteiger partial charge >= 0.3 is 0 Å². The summed E-state index contributed by atoms with van der Waals surface area (Å²) in [5.41, 5.74) is 5.12. The maximum atomic E-state index is 6.30. The van der Waals surface area contributed by atoms with Crippen LogP contribution in [-0.4, -0.2) is 33.2 Å². The molecule has 0 spiro atoms. The lowest BCUT2D eigenvalue weighted by molar-refractivity contribution is 0.416. The number of nitrogens with zero attached hydrogens (tertiary/aromatic N) is 5. The van der Waals surface area contributed by atoms with E-state index in [0.29, 0.717) is 10.8 Å². The minimum atomic E-state index is 0.647. The largest absolute Gasteiger partial charge is 0.496 e. The van der Waals surface area contributed by atoms with Gasteiger partial charge in [0.2, 0.25) is 5.95 Å². The van der Waals surface area contributed by atoms with E-state index in [2.05, 4.69) is 39.4 Å². The van der Waals surface area contributed by atoms with Gasteiger partial charge in [0.15, 0.2) is 11.5 Å². The molecule has 7 heteroatoms. The number of fused-ring (bicyclic) bond motifs is 4. The van der Waals surface area contributed by atoms with Crippen LogP contribution >= 0.6 is 11.6 Å². The lowest BCUT2D eigenvalue weighted by Gasteiger charge is -2.30. The smallest absolute Gasteiger partial charge is 0.214 e. The molecule has 0 saturated carbocycles. The van der Waals surface area contributed by atoms with Crippen molar-refractivity contribution in [1.82, 2.24) is 19.6 Å². The molecule has 5 aromatic rings. The molecule has 0 fully saturated rings. The third-order valence-corrected chi connectivity index (χ3v) is 6.28. The predicted molar refractivity (Wildman–Crippen MR) is 126 cm³/mol. The van der Waals surface area contributed by atoms with E-state index in [1.807, 2.05) is 46.9 Å². The molecular formula is C25H20ClN5O. The van der Waals surface area contributed by atoms with Crippen molar-refractivity contribution in [2.45, 2.75) is 13.0 Å². The molecule has 0 saturated heterocycles. The Labute approximate surface area is 190 Å². The van der Waals surface area contributed by atoms with Gasteiger partial charge in [-0.1, -0.05) is 48.0 Å². The zero-order valence-corrected chi connectivity index (χ0v) is 18.3. The van der Waals surface area contributed by atoms with Crippen LogP contribution < -0.4 is 9.64 Å². The van der Waals surface area contributed by atoms with E-state index >= 15 is 0 Å². The number of hydrogen-bond acceptors (Lipinski definition) is 5. The van der Waals surface area contributed by atoms with Gasteiger partial charge in [-0.05, 0) is 47.9 Å². The summed E-state index contributed by atoms with van der Waals surface area (Å²) in [6.45, 7) is 1.63. The van der Waals surface area contributed by atoms with E-state index in [4.69, 9.17) is 21.3 Å². The van der Waals surface area contributed by atoms with Gasteiger partial charge in [-0.2, -0.15) is 0 Å². The number of aromatic nitrogens is 4. The van der Waals surface area contributed by atoms with Crippen LogP contribution in [0.5, 0.6) is 5.75 Å². The quantitative estimate of drug-likeness (QED) is 0.386. The van der Waals surface area contributed by atoms with Crippen molar-refractivity contribution in [3.8, 4) is 17.1 Å². The summed E-state index contributed by atoms with van der Waals surface area (Å²) in [6, 6.07) is 22.1. The minimum Gasteiger partial charge on any atom is -0.496 e. The SMILES string of the molecule is COc1ccccc1-c1nnc2c3ccc(Cl)cc3nc(N3CCc4ccccc4C3)n12. The molecule has 2 aromatic heterocycles. The Balaban J connectivity index is 1.63. The first-order valence-corrected chi connectivity index (χ1v) is 10.9. The highest BCUT2D eigenvalue weighted by atomic mass is 35.5. The van der Waals surface area contributed by atoms with Crippen LogP contribution in [0.2, 0.25) is 5.02 Å². The first-order chi connectivity index (χ1) is 15.7. The molecule has 3 aromatic carbocycles. The van der Waals surface area contributed by atoms with Crippen LogP contribution in [0.1, 0.15) is 11.1 Å². The second-order valence-electron chi connectivity index (χ2n) is 7.90. The van der Waals surface area contributed by atoms with Gasteiger partial charge in [-0.3, -0.25) is 0 Å². The molecule has 1 aliphatic rings. The van der Waals surface area contributed by atoms with Gasteiger partial charge < -0.3 is 9.64 Å². The maximum Gasteiger partial charge on any atom is 0.214 e. The van der Waals surface area contributed by atoms with Crippen LogP contribution in [-0.2, 0) is 13.0 Å². The zero-order valence-electron chi connectivity index (χ0n) is 17.5. The molecule has 0 radical (unpaired) electrons. The van der Waals surface area contributed by atoms with Gasteiger partial charge in [0.25, 0.3) is 0 Å². The Morgan fingerprint density at radius 3 is 2.62 bits per heavy atom. The van der Waals surface area contributed by atoms with Gasteiger partial charge in [-0.15, -0.1) is 10.2 Å². The number of rotatable bonds is 3. The average molecular weight is 442 g/mol. The Hall–Kier alpha value is -3.64. The number of anilines is 1. The summed E-state index contributed by atoms with van der Waals surface area (Å²) in [5.74, 6) is 2.25. The van der Waals surface area contributed by atoms with Crippen LogP contribution in [0.25, 0.3) is 27.9 Å². The first kappa shape index (κ1) is 19.1. The van der Waals surface area contributed by atoms with Crippen molar-refractivity contribution in [3.63, 3.8) is 0 Å². The lowest BCUT2D eigenvalue weighted by atomic mass is 10.0. The summed E-state index contributed by atoms with van der Waals surface area (Å²) in [7, 11) is 1.67. The standard InChI is InChI=1S/C25H20ClN5O/c1-32-22-9-5-4-8-20(22)24-29-28-23-19-11-10-18(26)14-21(19)27-25(31(23)24)30-13-12-16-6-2-3-7-17(16)15-30/h2-11,14H,12-13,15H2,1H3. The second kappa shape index (κ2) is 7.50. The van der Waals surface area contributed by atoms with Crippen molar-refractivity contribution in [2.75, 3.05) is 18.6 Å². The third kappa shape index (κ3) is 2.99. The molecule has 0 unspecified atom stereocenters. The van der Waals surface area contributed by atoms with Gasteiger partial charge in [0, 0.05) is 23.5 Å². The molecule has 0 amide bonds. The fraction of sp³-hybridized carbons (Fsp3) is 0.160. The number of methoxy groups -OCH3 is 1. The summed E-state index contributed by atoms with van der Waals surface area (Å²) < 4.78 is 7.66. The molecule has 32 heavy (non-hydrogen) atoms. The molecule has 0 N–H and O–H groups in total. The molecule has 6 nitrogen and oxygen atoms in total. The number of para-hydroxylation sites is 1. The van der Waals surface area contributed by atoms with Crippen LogP contribution in [0.15, 0.2) is 66.7 Å². The second-order valence-corrected chi connectivity index (χ2v) is 8.33. The summed E-state index contributed by atoms with van der Waals surface area (Å²) in [6.07, 6.45) is 0.957. The predicted octanol–water partition coefficient (Wildman–Crippen LogP) is 5.17. The molecule has 0 atom stereocenters. The summed E-state index contributed by atoms with van der Waals surface area (Å²) >= 11 is 6.30. The van der Waals surface area contributed by atoms with Gasteiger partial charge in [0.05, 0.1) is 18.2 Å². The molecule has 1 aliphatic heterocycles. The number of hydrogen-bond donors (Lipinski definition) is 0. The maximum absolute atomic E-state index is 6.30. The van der Waals surface area contributed by atoms with Crippen molar-refractivity contribution in [2.24, 2.45) is 0 Å². The van der Waals surface area contributed by atoms with E-state index < -0.39 is 0 Å². The minimum absolute atomic E-state index is 0.647. The molecule has 6 rings (SSSR count). The Morgan fingerprint density at radius 2 is 1.75 bits per heavy atom. The van der Waals surface area contributed by atoms with E-state index in [0.717, 1.165) is 53.3 Å². The van der Waals surface area contributed by atoms with E-state index in [9.17, 15) is 0 Å². The van der Waals surface area contributed by atoms with Crippen LogP contribution in [0.4, 0.5) is 5.95 Å². The molecule has 0 aliphatic carbocycles. The third-order valence-electron chi connectivity index (χ3n) is 6.05. The molecular weight excluding hydrogens is 422 g/mol. The Bertz CT molecular complexity index is 1480. The Kier molecular flexibility index (Phi) is 4.47. The van der Waals surface area contributed by atoms with Crippen molar-refractivity contribution < 1.29 is 4.74 Å². The molecule has 158 valence electrons. The summed E-state index contributed by atoms with van der Waals surface area (Å²) in [5, 5.41) is 10.7. The fourth-order valence-electron chi connectivity index (χ4n) is 4.47. The van der Waals surface area contributed by atoms with Crippen molar-refractivity contribution >= 4 is 34.1 Å². The number of halogens is 1. The average Bonchev–Trinajstić information content (AvgIpc) is 3.28. The van der Waals surface area contributed by atoms with Crippen LogP contribution in [0.3, 0.4) is 0 Å². The summed E-state index contributed by atoms with van der Waals surface area (Å²) in [4.78, 5) is 7.35. The van der Waals surface area contributed by atoms with E-state index in [1.54, 1.807) is 7.11 Å². The topological polar surface area (TPSA) is 55.6 Å². The monoisotopic (exact) mass is 441 g/mol. The van der Waals surface area contributed by atoms with Gasteiger partial charge in [0.1, 0.15) is 5.75 Å². The molecule has 3 heterocycles. The van der Waals surface area contributed by atoms with E-state index in [1.165, 1.54) is 11.1 Å². The highest BCUT2D eigenvalue weighted by molar-refractivity contribution is 6.31. The fourth-order valence-corrected chi connectivity index (χ4v) is 4.64. The van der Waals surface area contributed by atoms with E-state index in [-0.39, 0.29) is 0 Å². The normalized spacial score (nSPS) is 13.5. The highest BCUT2D eigenvalue weighted by Gasteiger charge is 2.24. The first-order valence-electron chi connectivity index (χ1n) is 10.5. The van der Waals surface area contributed by atoms with Crippen LogP contribution in [0, 0.1) is 0 Å². The van der Waals surface area contributed by atoms with Crippen molar-refractivity contribution in [1.29, 1.82) is 0 Å². The zero-order chi connectivity index (χ0) is 21.7. The Morgan fingerprint density at radius 1 is 0.938 bits per heavy atom. The van der Waals surface area contributed by atoms with Gasteiger partial charge in [-0.25, -0.2) is 9.38 Å². The number of ether oxygens (including phenoxy) is 1. The van der Waals surface area contributed by atoms with Crippen molar-refractivity contribution in [3.05, 3.63) is 82.9 Å². The lowest BCUT2D eigenvalue weighted by Crippen LogP contribution is -2.32. The molecule has 0 bridgehead atoms. The highest BCUT2D eigenvalue weighted by Crippen LogP contribution is 2.34.